The Morgan fingerprint density at radius 2 is 2.11 bits per heavy atom. The molecule has 0 unspecified atom stereocenters. The number of hydrogen-bond donors (Lipinski definition) is 2. The number of hydrogen-bond acceptors (Lipinski definition) is 3. The molecule has 0 aliphatic heterocycles. The first kappa shape index (κ1) is 13.3. The van der Waals surface area contributed by atoms with Crippen LogP contribution in [-0.4, -0.2) is 15.0 Å². The number of anilines is 1. The number of nitrogens with two attached hydrogens (primary N) is 1. The number of nitrogen functional groups attached to an aromatic ring is 1. The fraction of sp³-hybridized carbons (Fsp3) is 0.500. The van der Waals surface area contributed by atoms with Gasteiger partial charge in [0, 0.05) is 17.8 Å². The van der Waals surface area contributed by atoms with Crippen LogP contribution in [0.1, 0.15) is 24.8 Å². The van der Waals surface area contributed by atoms with Crippen molar-refractivity contribution in [2.24, 2.45) is 5.92 Å². The maximum Gasteiger partial charge on any atom is 0.240 e. The summed E-state index contributed by atoms with van der Waals surface area (Å²) in [6.07, 6.45) is 3.19. The van der Waals surface area contributed by atoms with Crippen LogP contribution in [0.2, 0.25) is 0 Å². The Bertz CT molecular complexity index is 530. The smallest absolute Gasteiger partial charge is 0.240 e. The predicted molar refractivity (Wildman–Crippen MR) is 68.1 cm³/mol. The molecular formula is C12H17FN2O2S. The summed E-state index contributed by atoms with van der Waals surface area (Å²) in [7, 11) is -3.66. The van der Waals surface area contributed by atoms with Crippen LogP contribution in [0.5, 0.6) is 0 Å². The van der Waals surface area contributed by atoms with Crippen molar-refractivity contribution in [2.75, 3.05) is 12.3 Å². The Morgan fingerprint density at radius 3 is 2.67 bits per heavy atom. The average Bonchev–Trinajstić information content (AvgIpc) is 3.09. The zero-order chi connectivity index (χ0) is 13.3. The molecule has 1 aromatic rings. The number of benzene rings is 1. The third-order valence-electron chi connectivity index (χ3n) is 3.21. The Kier molecular flexibility index (Phi) is 3.59. The van der Waals surface area contributed by atoms with Gasteiger partial charge in [0.25, 0.3) is 0 Å². The molecule has 100 valence electrons. The van der Waals surface area contributed by atoms with Gasteiger partial charge in [-0.05, 0) is 31.4 Å². The van der Waals surface area contributed by atoms with Crippen molar-refractivity contribution in [1.82, 2.24) is 4.72 Å². The first-order valence-electron chi connectivity index (χ1n) is 5.95. The van der Waals surface area contributed by atoms with Gasteiger partial charge in [-0.15, -0.1) is 0 Å². The summed E-state index contributed by atoms with van der Waals surface area (Å²) in [6, 6.07) is 2.29. The van der Waals surface area contributed by atoms with Crippen LogP contribution in [0.3, 0.4) is 0 Å². The summed E-state index contributed by atoms with van der Waals surface area (Å²) in [5, 5.41) is 0. The average molecular weight is 272 g/mol. The van der Waals surface area contributed by atoms with Gasteiger partial charge in [-0.3, -0.25) is 0 Å². The molecule has 6 heteroatoms. The van der Waals surface area contributed by atoms with Gasteiger partial charge in [0.1, 0.15) is 5.82 Å². The van der Waals surface area contributed by atoms with E-state index in [1.165, 1.54) is 25.8 Å². The minimum atomic E-state index is -3.66. The SMILES string of the molecule is Cc1c(N)cc(S(=O)(=O)NCCC2CC2)cc1F. The number of halogens is 1. The van der Waals surface area contributed by atoms with Crippen molar-refractivity contribution < 1.29 is 12.8 Å². The molecule has 1 aliphatic rings. The van der Waals surface area contributed by atoms with Gasteiger partial charge >= 0.3 is 0 Å². The van der Waals surface area contributed by atoms with Gasteiger partial charge in [-0.25, -0.2) is 17.5 Å². The lowest BCUT2D eigenvalue weighted by atomic mass is 10.2. The quantitative estimate of drug-likeness (QED) is 0.803. The maximum atomic E-state index is 13.5. The zero-order valence-electron chi connectivity index (χ0n) is 10.2. The standard InChI is InChI=1S/C12H17FN2O2S/c1-8-11(13)6-10(7-12(8)14)18(16,17)15-5-4-9-2-3-9/h6-7,9,15H,2-5,14H2,1H3. The fourth-order valence-corrected chi connectivity index (χ4v) is 2.81. The highest BCUT2D eigenvalue weighted by atomic mass is 32.2. The van der Waals surface area contributed by atoms with Crippen molar-refractivity contribution in [3.8, 4) is 0 Å². The van der Waals surface area contributed by atoms with Crippen LogP contribution in [0.4, 0.5) is 10.1 Å². The van der Waals surface area contributed by atoms with Crippen molar-refractivity contribution >= 4 is 15.7 Å². The monoisotopic (exact) mass is 272 g/mol. The molecule has 0 amide bonds. The Balaban J connectivity index is 2.12. The van der Waals surface area contributed by atoms with Gasteiger partial charge in [-0.2, -0.15) is 0 Å². The summed E-state index contributed by atoms with van der Waals surface area (Å²) in [5.74, 6) is 0.0464. The fourth-order valence-electron chi connectivity index (χ4n) is 1.72. The first-order valence-corrected chi connectivity index (χ1v) is 7.44. The minimum Gasteiger partial charge on any atom is -0.398 e. The molecule has 0 saturated heterocycles. The molecule has 1 saturated carbocycles. The van der Waals surface area contributed by atoms with Crippen molar-refractivity contribution in [1.29, 1.82) is 0 Å². The highest BCUT2D eigenvalue weighted by molar-refractivity contribution is 7.89. The largest absolute Gasteiger partial charge is 0.398 e. The Labute approximate surface area is 106 Å². The number of sulfonamides is 1. The molecule has 3 N–H and O–H groups in total. The molecule has 0 spiro atoms. The minimum absolute atomic E-state index is 0.112. The Morgan fingerprint density at radius 1 is 1.44 bits per heavy atom. The molecule has 2 rings (SSSR count). The van der Waals surface area contributed by atoms with Gasteiger partial charge in [0.2, 0.25) is 10.0 Å². The van der Waals surface area contributed by atoms with Crippen LogP contribution in [0.15, 0.2) is 17.0 Å². The highest BCUT2D eigenvalue weighted by Gasteiger charge is 2.22. The molecule has 1 aliphatic carbocycles. The molecule has 0 atom stereocenters. The molecule has 1 fully saturated rings. The third-order valence-corrected chi connectivity index (χ3v) is 4.65. The molecule has 0 aromatic heterocycles. The summed E-state index contributed by atoms with van der Waals surface area (Å²) in [5.41, 5.74) is 5.99. The Hall–Kier alpha value is -1.14. The summed E-state index contributed by atoms with van der Waals surface area (Å²) in [6.45, 7) is 1.91. The number of nitrogens with one attached hydrogen (secondary N) is 1. The third kappa shape index (κ3) is 3.00. The van der Waals surface area contributed by atoms with E-state index in [1.807, 2.05) is 0 Å². The van der Waals surface area contributed by atoms with Gasteiger partial charge in [0.05, 0.1) is 4.90 Å². The molecule has 1 aromatic carbocycles. The van der Waals surface area contributed by atoms with Gasteiger partial charge in [0.15, 0.2) is 0 Å². The highest BCUT2D eigenvalue weighted by Crippen LogP contribution is 2.31. The topological polar surface area (TPSA) is 72.2 Å². The number of rotatable bonds is 5. The molecule has 0 radical (unpaired) electrons. The van der Waals surface area contributed by atoms with Crippen LogP contribution < -0.4 is 10.5 Å². The lowest BCUT2D eigenvalue weighted by Gasteiger charge is -2.09. The van der Waals surface area contributed by atoms with Crippen LogP contribution in [0.25, 0.3) is 0 Å². The van der Waals surface area contributed by atoms with Crippen LogP contribution in [-0.2, 0) is 10.0 Å². The molecule has 0 heterocycles. The summed E-state index contributed by atoms with van der Waals surface area (Å²) in [4.78, 5) is -0.112. The van der Waals surface area contributed by atoms with E-state index in [9.17, 15) is 12.8 Å². The van der Waals surface area contributed by atoms with E-state index in [4.69, 9.17) is 5.73 Å². The van der Waals surface area contributed by atoms with Crippen LogP contribution in [0, 0.1) is 18.7 Å². The van der Waals surface area contributed by atoms with E-state index in [-0.39, 0.29) is 16.1 Å². The van der Waals surface area contributed by atoms with Crippen molar-refractivity contribution in [2.45, 2.75) is 31.1 Å². The molecule has 0 bridgehead atoms. The van der Waals surface area contributed by atoms with Crippen molar-refractivity contribution in [3.63, 3.8) is 0 Å². The zero-order valence-corrected chi connectivity index (χ0v) is 11.1. The molecular weight excluding hydrogens is 255 g/mol. The van der Waals surface area contributed by atoms with Crippen LogP contribution >= 0.6 is 0 Å². The van der Waals surface area contributed by atoms with E-state index >= 15 is 0 Å². The second-order valence-electron chi connectivity index (χ2n) is 4.75. The van der Waals surface area contributed by atoms with Gasteiger partial charge in [-0.1, -0.05) is 12.8 Å². The summed E-state index contributed by atoms with van der Waals surface area (Å²) >= 11 is 0. The normalized spacial score (nSPS) is 15.9. The van der Waals surface area contributed by atoms with E-state index in [1.54, 1.807) is 0 Å². The lowest BCUT2D eigenvalue weighted by Crippen LogP contribution is -2.25. The van der Waals surface area contributed by atoms with E-state index in [0.29, 0.717) is 12.5 Å². The molecule has 4 nitrogen and oxygen atoms in total. The van der Waals surface area contributed by atoms with Gasteiger partial charge < -0.3 is 5.73 Å². The van der Waals surface area contributed by atoms with Crippen molar-refractivity contribution in [3.05, 3.63) is 23.5 Å². The maximum absolute atomic E-state index is 13.5. The van der Waals surface area contributed by atoms with E-state index in [0.717, 1.165) is 12.5 Å². The van der Waals surface area contributed by atoms with E-state index in [2.05, 4.69) is 4.72 Å². The predicted octanol–water partition coefficient (Wildman–Crippen LogP) is 1.79. The first-order chi connectivity index (χ1) is 8.40. The lowest BCUT2D eigenvalue weighted by molar-refractivity contribution is 0.571. The summed E-state index contributed by atoms with van der Waals surface area (Å²) < 4.78 is 39.8. The second kappa shape index (κ2) is 4.85. The molecule has 18 heavy (non-hydrogen) atoms. The van der Waals surface area contributed by atoms with E-state index < -0.39 is 15.8 Å². The second-order valence-corrected chi connectivity index (χ2v) is 6.52.